The Morgan fingerprint density at radius 1 is 1.32 bits per heavy atom. The highest BCUT2D eigenvalue weighted by atomic mass is 32.1. The number of thiophene rings is 1. The zero-order chi connectivity index (χ0) is 13.7. The molecule has 0 radical (unpaired) electrons. The Balaban J connectivity index is 1.87. The molecule has 3 N–H and O–H groups in total. The highest BCUT2D eigenvalue weighted by Crippen LogP contribution is 2.21. The van der Waals surface area contributed by atoms with Gasteiger partial charge in [-0.3, -0.25) is 4.79 Å². The molecule has 6 heteroatoms. The summed E-state index contributed by atoms with van der Waals surface area (Å²) in [6.45, 7) is 2.19. The first-order valence-corrected chi connectivity index (χ1v) is 7.86. The van der Waals surface area contributed by atoms with Gasteiger partial charge in [-0.2, -0.15) is 0 Å². The van der Waals surface area contributed by atoms with Crippen LogP contribution in [0.15, 0.2) is 17.5 Å². The van der Waals surface area contributed by atoms with Crippen LogP contribution in [0.25, 0.3) is 0 Å². The van der Waals surface area contributed by atoms with Gasteiger partial charge in [0.05, 0.1) is 5.69 Å². The van der Waals surface area contributed by atoms with Crippen LogP contribution >= 0.6 is 22.7 Å². The normalized spacial score (nSPS) is 10.6. The summed E-state index contributed by atoms with van der Waals surface area (Å²) in [5.41, 5.74) is 6.57. The molecule has 0 aromatic carbocycles. The second-order valence-electron chi connectivity index (χ2n) is 4.23. The van der Waals surface area contributed by atoms with Crippen molar-refractivity contribution in [2.75, 3.05) is 11.9 Å². The van der Waals surface area contributed by atoms with Crippen molar-refractivity contribution in [3.8, 4) is 0 Å². The van der Waals surface area contributed by atoms with Crippen LogP contribution < -0.4 is 11.1 Å². The number of amides is 1. The molecule has 0 saturated carbocycles. The van der Waals surface area contributed by atoms with Gasteiger partial charge in [0, 0.05) is 22.1 Å². The lowest BCUT2D eigenvalue weighted by Crippen LogP contribution is -2.05. The first-order chi connectivity index (χ1) is 9.17. The van der Waals surface area contributed by atoms with Crippen molar-refractivity contribution in [1.82, 2.24) is 4.98 Å². The number of hydrogen-bond acceptors (Lipinski definition) is 5. The first kappa shape index (κ1) is 14.2. The Kier molecular flexibility index (Phi) is 5.07. The molecule has 2 aromatic heterocycles. The van der Waals surface area contributed by atoms with E-state index in [2.05, 4.69) is 22.4 Å². The van der Waals surface area contributed by atoms with Crippen LogP contribution in [0.1, 0.15) is 22.4 Å². The third-order valence-corrected chi connectivity index (χ3v) is 4.58. The quantitative estimate of drug-likeness (QED) is 0.860. The summed E-state index contributed by atoms with van der Waals surface area (Å²) < 4.78 is 0. The minimum atomic E-state index is -0.0782. The predicted octanol–water partition coefficient (Wildman–Crippen LogP) is 2.45. The molecule has 0 aliphatic rings. The second kappa shape index (κ2) is 6.79. The topological polar surface area (TPSA) is 68.0 Å². The van der Waals surface area contributed by atoms with E-state index in [4.69, 9.17) is 5.73 Å². The molecule has 19 heavy (non-hydrogen) atoms. The molecule has 0 saturated heterocycles. The number of nitrogens with two attached hydrogens (primary N) is 1. The van der Waals surface area contributed by atoms with Gasteiger partial charge in [0.15, 0.2) is 5.13 Å². The van der Waals surface area contributed by atoms with Gasteiger partial charge in [0.1, 0.15) is 0 Å². The number of aryl methyl sites for hydroxylation is 2. The standard InChI is InChI=1S/C13H17N3OS2/c1-9(17)15-13-16-10(8-18-13)2-3-11-4-5-12(19-11)6-7-14/h4-5,8H,2-3,6-7,14H2,1H3,(H,15,16,17). The van der Waals surface area contributed by atoms with Crippen molar-refractivity contribution in [2.24, 2.45) is 5.73 Å². The summed E-state index contributed by atoms with van der Waals surface area (Å²) in [5.74, 6) is -0.0782. The van der Waals surface area contributed by atoms with E-state index >= 15 is 0 Å². The maximum Gasteiger partial charge on any atom is 0.223 e. The Morgan fingerprint density at radius 3 is 2.74 bits per heavy atom. The minimum Gasteiger partial charge on any atom is -0.330 e. The lowest BCUT2D eigenvalue weighted by Gasteiger charge is -1.96. The van der Waals surface area contributed by atoms with Crippen molar-refractivity contribution in [3.63, 3.8) is 0 Å². The molecule has 0 spiro atoms. The van der Waals surface area contributed by atoms with E-state index in [9.17, 15) is 4.79 Å². The van der Waals surface area contributed by atoms with Gasteiger partial charge < -0.3 is 11.1 Å². The molecule has 2 rings (SSSR count). The average Bonchev–Trinajstić information content (AvgIpc) is 2.96. The Bertz CT molecular complexity index is 548. The van der Waals surface area contributed by atoms with Gasteiger partial charge in [-0.05, 0) is 37.9 Å². The van der Waals surface area contributed by atoms with Gasteiger partial charge in [0.2, 0.25) is 5.91 Å². The Hall–Kier alpha value is -1.24. The van der Waals surface area contributed by atoms with E-state index in [1.165, 1.54) is 28.0 Å². The Labute approximate surface area is 120 Å². The number of hydrogen-bond donors (Lipinski definition) is 2. The molecule has 2 aromatic rings. The number of rotatable bonds is 6. The van der Waals surface area contributed by atoms with Gasteiger partial charge >= 0.3 is 0 Å². The highest BCUT2D eigenvalue weighted by Gasteiger charge is 2.05. The minimum absolute atomic E-state index is 0.0782. The largest absolute Gasteiger partial charge is 0.330 e. The number of carbonyl (C=O) groups excluding carboxylic acids is 1. The second-order valence-corrected chi connectivity index (χ2v) is 6.34. The lowest BCUT2D eigenvalue weighted by atomic mass is 10.2. The number of nitrogens with zero attached hydrogens (tertiary/aromatic N) is 1. The molecule has 102 valence electrons. The van der Waals surface area contributed by atoms with Crippen molar-refractivity contribution in [1.29, 1.82) is 0 Å². The van der Waals surface area contributed by atoms with E-state index in [-0.39, 0.29) is 5.91 Å². The van der Waals surface area contributed by atoms with Crippen LogP contribution in [0.4, 0.5) is 5.13 Å². The van der Waals surface area contributed by atoms with Crippen molar-refractivity contribution in [2.45, 2.75) is 26.2 Å². The maximum absolute atomic E-state index is 10.9. The van der Waals surface area contributed by atoms with Crippen LogP contribution in [-0.4, -0.2) is 17.4 Å². The van der Waals surface area contributed by atoms with Gasteiger partial charge in [-0.25, -0.2) is 4.98 Å². The van der Waals surface area contributed by atoms with Crippen molar-refractivity contribution >= 4 is 33.7 Å². The summed E-state index contributed by atoms with van der Waals surface area (Å²) in [7, 11) is 0. The van der Waals surface area contributed by atoms with Gasteiger partial charge in [-0.1, -0.05) is 0 Å². The third-order valence-electron chi connectivity index (χ3n) is 2.57. The molecule has 0 aliphatic heterocycles. The smallest absolute Gasteiger partial charge is 0.223 e. The average molecular weight is 295 g/mol. The van der Waals surface area contributed by atoms with E-state index in [0.717, 1.165) is 25.0 Å². The Morgan fingerprint density at radius 2 is 2.05 bits per heavy atom. The monoisotopic (exact) mass is 295 g/mol. The van der Waals surface area contributed by atoms with E-state index in [0.29, 0.717) is 11.7 Å². The first-order valence-electron chi connectivity index (χ1n) is 6.17. The highest BCUT2D eigenvalue weighted by molar-refractivity contribution is 7.14. The molecule has 1 amide bonds. The van der Waals surface area contributed by atoms with Gasteiger partial charge in [-0.15, -0.1) is 22.7 Å². The summed E-state index contributed by atoms with van der Waals surface area (Å²) in [6, 6.07) is 4.31. The molecule has 0 atom stereocenters. The van der Waals surface area contributed by atoms with E-state index in [1.54, 1.807) is 0 Å². The number of anilines is 1. The van der Waals surface area contributed by atoms with Crippen molar-refractivity contribution in [3.05, 3.63) is 33.0 Å². The van der Waals surface area contributed by atoms with Crippen LogP contribution in [0.2, 0.25) is 0 Å². The molecule has 0 fully saturated rings. The van der Waals surface area contributed by atoms with Crippen molar-refractivity contribution < 1.29 is 4.79 Å². The zero-order valence-corrected chi connectivity index (χ0v) is 12.4. The van der Waals surface area contributed by atoms with Crippen LogP contribution in [0.5, 0.6) is 0 Å². The molecular formula is C13H17N3OS2. The fourth-order valence-electron chi connectivity index (χ4n) is 1.71. The summed E-state index contributed by atoms with van der Waals surface area (Å²) in [5, 5.41) is 5.38. The number of aromatic nitrogens is 1. The van der Waals surface area contributed by atoms with E-state index in [1.807, 2.05) is 16.7 Å². The number of thiazole rings is 1. The number of nitrogens with one attached hydrogen (secondary N) is 1. The van der Waals surface area contributed by atoms with Gasteiger partial charge in [0.25, 0.3) is 0 Å². The molecular weight excluding hydrogens is 278 g/mol. The summed E-state index contributed by atoms with van der Waals surface area (Å²) in [4.78, 5) is 18.0. The van der Waals surface area contributed by atoms with E-state index < -0.39 is 0 Å². The molecule has 4 nitrogen and oxygen atoms in total. The van der Waals surface area contributed by atoms with Crippen LogP contribution in [0.3, 0.4) is 0 Å². The fraction of sp³-hybridized carbons (Fsp3) is 0.385. The summed E-state index contributed by atoms with van der Waals surface area (Å²) >= 11 is 3.29. The third kappa shape index (κ3) is 4.41. The molecule has 2 heterocycles. The molecule has 0 bridgehead atoms. The van der Waals surface area contributed by atoms with Crippen LogP contribution in [-0.2, 0) is 24.1 Å². The summed E-state index contributed by atoms with van der Waals surface area (Å²) in [6.07, 6.45) is 2.84. The SMILES string of the molecule is CC(=O)Nc1nc(CCc2ccc(CCN)s2)cs1. The maximum atomic E-state index is 10.9. The fourth-order valence-corrected chi connectivity index (χ4v) is 3.54. The predicted molar refractivity (Wildman–Crippen MR) is 80.9 cm³/mol. The molecule has 0 aliphatic carbocycles. The number of carbonyl (C=O) groups is 1. The van der Waals surface area contributed by atoms with Crippen LogP contribution in [0, 0.1) is 0 Å². The molecule has 0 unspecified atom stereocenters. The lowest BCUT2D eigenvalue weighted by molar-refractivity contribution is -0.114. The zero-order valence-electron chi connectivity index (χ0n) is 10.8.